The number of nitrogens with zero attached hydrogens (tertiary/aromatic N) is 1. The Kier molecular flexibility index (Phi) is 4.35. The molecule has 1 fully saturated rings. The predicted octanol–water partition coefficient (Wildman–Crippen LogP) is 0.533. The molecule has 0 amide bonds. The standard InChI is InChI=1S/C10H20N2O2/c1-3-6-12(2)7-9(10(13)14)11-8-4-5-8/h8-9,11H,3-7H2,1-2H3,(H,13,14). The smallest absolute Gasteiger partial charge is 0.322 e. The summed E-state index contributed by atoms with van der Waals surface area (Å²) in [6.07, 6.45) is 3.31. The van der Waals surface area contributed by atoms with Crippen LogP contribution in [0.4, 0.5) is 0 Å². The molecule has 1 aliphatic rings. The van der Waals surface area contributed by atoms with Crippen LogP contribution in [0.15, 0.2) is 0 Å². The molecule has 1 rings (SSSR count). The van der Waals surface area contributed by atoms with E-state index in [9.17, 15) is 4.79 Å². The monoisotopic (exact) mass is 200 g/mol. The predicted molar refractivity (Wildman–Crippen MR) is 55.4 cm³/mol. The summed E-state index contributed by atoms with van der Waals surface area (Å²) in [6.45, 7) is 3.65. The fourth-order valence-electron chi connectivity index (χ4n) is 1.52. The summed E-state index contributed by atoms with van der Waals surface area (Å²) in [6, 6.07) is 0.0465. The quantitative estimate of drug-likeness (QED) is 0.629. The highest BCUT2D eigenvalue weighted by Gasteiger charge is 2.28. The minimum Gasteiger partial charge on any atom is -0.480 e. The maximum atomic E-state index is 10.9. The Morgan fingerprint density at radius 3 is 2.71 bits per heavy atom. The molecule has 4 heteroatoms. The first-order valence-electron chi connectivity index (χ1n) is 5.31. The van der Waals surface area contributed by atoms with Gasteiger partial charge in [0.25, 0.3) is 0 Å². The van der Waals surface area contributed by atoms with Gasteiger partial charge in [-0.25, -0.2) is 0 Å². The Morgan fingerprint density at radius 1 is 1.64 bits per heavy atom. The zero-order chi connectivity index (χ0) is 10.6. The molecule has 1 aliphatic carbocycles. The minimum absolute atomic E-state index is 0.404. The van der Waals surface area contributed by atoms with Crippen molar-refractivity contribution < 1.29 is 9.90 Å². The highest BCUT2D eigenvalue weighted by Crippen LogP contribution is 2.19. The van der Waals surface area contributed by atoms with Gasteiger partial charge in [0.05, 0.1) is 0 Å². The lowest BCUT2D eigenvalue weighted by atomic mass is 10.2. The summed E-state index contributed by atoms with van der Waals surface area (Å²) >= 11 is 0. The summed E-state index contributed by atoms with van der Waals surface area (Å²) < 4.78 is 0. The van der Waals surface area contributed by atoms with Gasteiger partial charge in [-0.1, -0.05) is 6.92 Å². The van der Waals surface area contributed by atoms with Crippen LogP contribution < -0.4 is 5.32 Å². The van der Waals surface area contributed by atoms with Gasteiger partial charge in [-0.2, -0.15) is 0 Å². The molecule has 4 nitrogen and oxygen atoms in total. The first kappa shape index (κ1) is 11.5. The first-order chi connectivity index (χ1) is 6.63. The van der Waals surface area contributed by atoms with Crippen molar-refractivity contribution in [1.29, 1.82) is 0 Å². The van der Waals surface area contributed by atoms with Gasteiger partial charge in [-0.3, -0.25) is 4.79 Å². The third kappa shape index (κ3) is 4.07. The second-order valence-corrected chi connectivity index (χ2v) is 4.09. The molecular weight excluding hydrogens is 180 g/mol. The third-order valence-electron chi connectivity index (χ3n) is 2.41. The molecule has 0 aliphatic heterocycles. The highest BCUT2D eigenvalue weighted by molar-refractivity contribution is 5.73. The number of carboxylic acids is 1. The Morgan fingerprint density at radius 2 is 2.29 bits per heavy atom. The molecule has 0 bridgehead atoms. The van der Waals surface area contributed by atoms with Crippen molar-refractivity contribution in [1.82, 2.24) is 10.2 Å². The molecular formula is C10H20N2O2. The van der Waals surface area contributed by atoms with E-state index < -0.39 is 12.0 Å². The number of rotatable bonds is 7. The number of carbonyl (C=O) groups is 1. The van der Waals surface area contributed by atoms with Crippen LogP contribution in [0.25, 0.3) is 0 Å². The summed E-state index contributed by atoms with van der Waals surface area (Å²) in [5, 5.41) is 12.1. The van der Waals surface area contributed by atoms with Crippen LogP contribution in [0.1, 0.15) is 26.2 Å². The second kappa shape index (κ2) is 5.32. The molecule has 0 aromatic carbocycles. The van der Waals surface area contributed by atoms with Gasteiger partial charge in [-0.05, 0) is 32.9 Å². The van der Waals surface area contributed by atoms with Gasteiger partial charge in [-0.15, -0.1) is 0 Å². The second-order valence-electron chi connectivity index (χ2n) is 4.09. The van der Waals surface area contributed by atoms with Crippen molar-refractivity contribution in [3.05, 3.63) is 0 Å². The van der Waals surface area contributed by atoms with Gasteiger partial charge < -0.3 is 15.3 Å². The molecule has 1 unspecified atom stereocenters. The number of hydrogen-bond acceptors (Lipinski definition) is 3. The lowest BCUT2D eigenvalue weighted by Gasteiger charge is -2.21. The fourth-order valence-corrected chi connectivity index (χ4v) is 1.52. The first-order valence-corrected chi connectivity index (χ1v) is 5.31. The number of likely N-dealkylation sites (N-methyl/N-ethyl adjacent to an activating group) is 1. The Labute approximate surface area is 85.3 Å². The van der Waals surface area contributed by atoms with Crippen LogP contribution in [-0.4, -0.2) is 48.2 Å². The third-order valence-corrected chi connectivity index (χ3v) is 2.41. The normalized spacial score (nSPS) is 18.5. The van der Waals surface area contributed by atoms with Crippen molar-refractivity contribution in [2.45, 2.75) is 38.3 Å². The molecule has 0 aromatic heterocycles. The van der Waals surface area contributed by atoms with Crippen LogP contribution in [0.5, 0.6) is 0 Å². The summed E-state index contributed by atoms with van der Waals surface area (Å²) in [4.78, 5) is 13.0. The Hall–Kier alpha value is -0.610. The number of nitrogens with one attached hydrogen (secondary N) is 1. The molecule has 82 valence electrons. The topological polar surface area (TPSA) is 52.6 Å². The van der Waals surface area contributed by atoms with Crippen LogP contribution in [0.2, 0.25) is 0 Å². The number of hydrogen-bond donors (Lipinski definition) is 2. The van der Waals surface area contributed by atoms with Crippen LogP contribution in [-0.2, 0) is 4.79 Å². The van der Waals surface area contributed by atoms with E-state index in [-0.39, 0.29) is 0 Å². The molecule has 1 saturated carbocycles. The lowest BCUT2D eigenvalue weighted by molar-refractivity contribution is -0.140. The van der Waals surface area contributed by atoms with E-state index in [1.165, 1.54) is 0 Å². The fraction of sp³-hybridized carbons (Fsp3) is 0.900. The van der Waals surface area contributed by atoms with Crippen molar-refractivity contribution >= 4 is 5.97 Å². The van der Waals surface area contributed by atoms with Crippen molar-refractivity contribution in [3.8, 4) is 0 Å². The van der Waals surface area contributed by atoms with Crippen LogP contribution in [0.3, 0.4) is 0 Å². The Balaban J connectivity index is 2.29. The summed E-state index contributed by atoms with van der Waals surface area (Å²) in [7, 11) is 1.97. The number of carboxylic acid groups (broad SMARTS) is 1. The molecule has 0 heterocycles. The molecule has 0 spiro atoms. The van der Waals surface area contributed by atoms with Crippen molar-refractivity contribution in [2.75, 3.05) is 20.1 Å². The lowest BCUT2D eigenvalue weighted by Crippen LogP contribution is -2.46. The molecule has 1 atom stereocenters. The van der Waals surface area contributed by atoms with Crippen molar-refractivity contribution in [3.63, 3.8) is 0 Å². The van der Waals surface area contributed by atoms with E-state index in [4.69, 9.17) is 5.11 Å². The molecule has 14 heavy (non-hydrogen) atoms. The van der Waals surface area contributed by atoms with Gasteiger partial charge in [0.15, 0.2) is 0 Å². The SMILES string of the molecule is CCCN(C)CC(NC1CC1)C(=O)O. The average Bonchev–Trinajstić information content (AvgIpc) is 2.87. The van der Waals surface area contributed by atoms with E-state index >= 15 is 0 Å². The van der Waals surface area contributed by atoms with E-state index in [0.29, 0.717) is 12.6 Å². The van der Waals surface area contributed by atoms with Gasteiger partial charge in [0, 0.05) is 12.6 Å². The summed E-state index contributed by atoms with van der Waals surface area (Å²) in [5.41, 5.74) is 0. The summed E-state index contributed by atoms with van der Waals surface area (Å²) in [5.74, 6) is -0.736. The maximum Gasteiger partial charge on any atom is 0.322 e. The molecule has 2 N–H and O–H groups in total. The van der Waals surface area contributed by atoms with Gasteiger partial charge in [0.1, 0.15) is 6.04 Å². The Bertz CT molecular complexity index is 193. The van der Waals surface area contributed by atoms with Gasteiger partial charge in [0.2, 0.25) is 0 Å². The van der Waals surface area contributed by atoms with E-state index in [1.807, 2.05) is 7.05 Å². The average molecular weight is 200 g/mol. The van der Waals surface area contributed by atoms with Crippen molar-refractivity contribution in [2.24, 2.45) is 0 Å². The highest BCUT2D eigenvalue weighted by atomic mass is 16.4. The number of aliphatic carboxylic acids is 1. The zero-order valence-corrected chi connectivity index (χ0v) is 8.99. The van der Waals surface area contributed by atoms with Crippen LogP contribution >= 0.6 is 0 Å². The van der Waals surface area contributed by atoms with Gasteiger partial charge >= 0.3 is 5.97 Å². The van der Waals surface area contributed by atoms with E-state index in [2.05, 4.69) is 17.1 Å². The largest absolute Gasteiger partial charge is 0.480 e. The zero-order valence-electron chi connectivity index (χ0n) is 8.99. The van der Waals surface area contributed by atoms with Crippen LogP contribution in [0, 0.1) is 0 Å². The molecule has 0 aromatic rings. The molecule has 0 saturated heterocycles. The van der Waals surface area contributed by atoms with E-state index in [0.717, 1.165) is 25.8 Å². The molecule has 0 radical (unpaired) electrons. The maximum absolute atomic E-state index is 10.9. The minimum atomic E-state index is -0.736. The van der Waals surface area contributed by atoms with E-state index in [1.54, 1.807) is 0 Å².